The lowest BCUT2D eigenvalue weighted by molar-refractivity contribution is 0.265. The molecule has 0 unspecified atom stereocenters. The Morgan fingerprint density at radius 3 is 2.48 bits per heavy atom. The van der Waals surface area contributed by atoms with E-state index >= 15 is 0 Å². The standard InChI is InChI=1S/C21H25NO/c1-17-10-9-13-20(22-14-7-4-8-15-22)21(17)18(2)23-16-19-11-5-3-6-12-19/h3,5-6,9-13H,2,4,7-8,14-16H2,1H3. The number of hydrogen-bond acceptors (Lipinski definition) is 2. The molecule has 1 fully saturated rings. The summed E-state index contributed by atoms with van der Waals surface area (Å²) in [4.78, 5) is 2.48. The summed E-state index contributed by atoms with van der Waals surface area (Å²) in [5, 5.41) is 0. The fourth-order valence-electron chi connectivity index (χ4n) is 3.23. The van der Waals surface area contributed by atoms with E-state index in [0.29, 0.717) is 6.61 Å². The third-order valence-corrected chi connectivity index (χ3v) is 4.48. The van der Waals surface area contributed by atoms with Gasteiger partial charge in [0, 0.05) is 24.3 Å². The maximum Gasteiger partial charge on any atom is 0.122 e. The molecule has 2 aromatic rings. The fraction of sp³-hybridized carbons (Fsp3) is 0.333. The molecular weight excluding hydrogens is 282 g/mol. The number of rotatable bonds is 5. The number of aryl methyl sites for hydroxylation is 1. The van der Waals surface area contributed by atoms with Crippen molar-refractivity contribution in [3.05, 3.63) is 71.8 Å². The van der Waals surface area contributed by atoms with E-state index in [1.165, 1.54) is 36.1 Å². The molecule has 2 nitrogen and oxygen atoms in total. The molecule has 0 amide bonds. The van der Waals surface area contributed by atoms with Gasteiger partial charge in [0.15, 0.2) is 0 Å². The van der Waals surface area contributed by atoms with Gasteiger partial charge in [0.05, 0.1) is 0 Å². The molecule has 0 aromatic heterocycles. The highest BCUT2D eigenvalue weighted by Crippen LogP contribution is 2.32. The summed E-state index contributed by atoms with van der Waals surface area (Å²) < 4.78 is 6.01. The van der Waals surface area contributed by atoms with Gasteiger partial charge in [-0.2, -0.15) is 0 Å². The highest BCUT2D eigenvalue weighted by molar-refractivity contribution is 5.75. The first-order chi connectivity index (χ1) is 11.3. The van der Waals surface area contributed by atoms with Crippen molar-refractivity contribution in [3.8, 4) is 0 Å². The number of piperidine rings is 1. The second-order valence-corrected chi connectivity index (χ2v) is 6.21. The summed E-state index contributed by atoms with van der Waals surface area (Å²) in [6, 6.07) is 16.7. The molecule has 1 aliphatic heterocycles. The van der Waals surface area contributed by atoms with E-state index in [2.05, 4.69) is 48.7 Å². The van der Waals surface area contributed by atoms with Gasteiger partial charge in [-0.1, -0.05) is 49.0 Å². The van der Waals surface area contributed by atoms with Crippen molar-refractivity contribution in [3.63, 3.8) is 0 Å². The third kappa shape index (κ3) is 3.76. The summed E-state index contributed by atoms with van der Waals surface area (Å²) in [6.45, 7) is 9.16. The van der Waals surface area contributed by atoms with Gasteiger partial charge in [-0.25, -0.2) is 0 Å². The van der Waals surface area contributed by atoms with Crippen LogP contribution < -0.4 is 4.90 Å². The van der Waals surface area contributed by atoms with E-state index in [-0.39, 0.29) is 0 Å². The zero-order valence-electron chi connectivity index (χ0n) is 13.9. The molecule has 2 heteroatoms. The monoisotopic (exact) mass is 307 g/mol. The zero-order valence-corrected chi connectivity index (χ0v) is 13.9. The van der Waals surface area contributed by atoms with E-state index in [9.17, 15) is 0 Å². The molecule has 23 heavy (non-hydrogen) atoms. The topological polar surface area (TPSA) is 12.5 Å². The predicted octanol–water partition coefficient (Wildman–Crippen LogP) is 5.17. The van der Waals surface area contributed by atoms with Crippen molar-refractivity contribution in [1.82, 2.24) is 0 Å². The minimum atomic E-state index is 0.563. The van der Waals surface area contributed by atoms with Crippen molar-refractivity contribution in [2.75, 3.05) is 18.0 Å². The Morgan fingerprint density at radius 2 is 1.74 bits per heavy atom. The Bertz CT molecular complexity index is 657. The molecule has 3 rings (SSSR count). The van der Waals surface area contributed by atoms with Gasteiger partial charge >= 0.3 is 0 Å². The van der Waals surface area contributed by atoms with Gasteiger partial charge in [0.25, 0.3) is 0 Å². The second-order valence-electron chi connectivity index (χ2n) is 6.21. The average molecular weight is 307 g/mol. The highest BCUT2D eigenvalue weighted by atomic mass is 16.5. The molecule has 120 valence electrons. The maximum atomic E-state index is 6.01. The first-order valence-electron chi connectivity index (χ1n) is 8.46. The predicted molar refractivity (Wildman–Crippen MR) is 97.5 cm³/mol. The van der Waals surface area contributed by atoms with E-state index in [1.807, 2.05) is 18.2 Å². The van der Waals surface area contributed by atoms with E-state index in [1.54, 1.807) is 0 Å². The van der Waals surface area contributed by atoms with Crippen LogP contribution >= 0.6 is 0 Å². The van der Waals surface area contributed by atoms with E-state index in [0.717, 1.165) is 24.4 Å². The smallest absolute Gasteiger partial charge is 0.122 e. The molecule has 1 aliphatic rings. The Balaban J connectivity index is 1.79. The summed E-state index contributed by atoms with van der Waals surface area (Å²) >= 11 is 0. The normalized spacial score (nSPS) is 14.6. The first-order valence-corrected chi connectivity index (χ1v) is 8.46. The number of hydrogen-bond donors (Lipinski definition) is 0. The van der Waals surface area contributed by atoms with Crippen molar-refractivity contribution in [2.45, 2.75) is 32.8 Å². The van der Waals surface area contributed by atoms with Crippen LogP contribution in [0.2, 0.25) is 0 Å². The minimum Gasteiger partial charge on any atom is -0.489 e. The SMILES string of the molecule is C=C(OCc1ccccc1)c1c(C)cccc1N1CCCCC1. The van der Waals surface area contributed by atoms with Crippen LogP contribution in [0.25, 0.3) is 5.76 Å². The van der Waals surface area contributed by atoms with Gasteiger partial charge in [0.2, 0.25) is 0 Å². The lowest BCUT2D eigenvalue weighted by atomic mass is 10.0. The van der Waals surface area contributed by atoms with Crippen LogP contribution in [0.15, 0.2) is 55.1 Å². The van der Waals surface area contributed by atoms with Crippen molar-refractivity contribution >= 4 is 11.4 Å². The Kier molecular flexibility index (Phi) is 5.02. The van der Waals surface area contributed by atoms with Crippen LogP contribution in [0.4, 0.5) is 5.69 Å². The molecule has 0 aliphatic carbocycles. The average Bonchev–Trinajstić information content (AvgIpc) is 2.61. The van der Waals surface area contributed by atoms with Crippen LogP contribution in [0.3, 0.4) is 0 Å². The summed E-state index contributed by atoms with van der Waals surface area (Å²) in [7, 11) is 0. The number of nitrogens with zero attached hydrogens (tertiary/aromatic N) is 1. The minimum absolute atomic E-state index is 0.563. The summed E-state index contributed by atoms with van der Waals surface area (Å²) in [5.74, 6) is 0.771. The largest absolute Gasteiger partial charge is 0.489 e. The van der Waals surface area contributed by atoms with E-state index in [4.69, 9.17) is 4.74 Å². The quantitative estimate of drug-likeness (QED) is 0.706. The molecule has 1 heterocycles. The molecule has 0 bridgehead atoms. The van der Waals surface area contributed by atoms with Crippen LogP contribution in [-0.2, 0) is 11.3 Å². The van der Waals surface area contributed by atoms with Gasteiger partial charge in [-0.3, -0.25) is 0 Å². The van der Waals surface area contributed by atoms with Crippen LogP contribution in [0.1, 0.15) is 36.0 Å². The summed E-state index contributed by atoms with van der Waals surface area (Å²) in [5.41, 5.74) is 4.82. The number of benzene rings is 2. The Labute approximate surface area is 139 Å². The van der Waals surface area contributed by atoms with Crippen molar-refractivity contribution in [2.24, 2.45) is 0 Å². The van der Waals surface area contributed by atoms with Gasteiger partial charge in [0.1, 0.15) is 12.4 Å². The lowest BCUT2D eigenvalue weighted by Crippen LogP contribution is -2.30. The first kappa shape index (κ1) is 15.7. The molecule has 0 atom stereocenters. The van der Waals surface area contributed by atoms with E-state index < -0.39 is 0 Å². The molecule has 0 N–H and O–H groups in total. The van der Waals surface area contributed by atoms with Gasteiger partial charge in [-0.15, -0.1) is 0 Å². The highest BCUT2D eigenvalue weighted by Gasteiger charge is 2.18. The van der Waals surface area contributed by atoms with Crippen LogP contribution in [0, 0.1) is 6.92 Å². The van der Waals surface area contributed by atoms with Gasteiger partial charge < -0.3 is 9.64 Å². The molecular formula is C21H25NO. The van der Waals surface area contributed by atoms with Crippen molar-refractivity contribution in [1.29, 1.82) is 0 Å². The van der Waals surface area contributed by atoms with Crippen LogP contribution in [0.5, 0.6) is 0 Å². The number of ether oxygens (including phenoxy) is 1. The zero-order chi connectivity index (χ0) is 16.1. The van der Waals surface area contributed by atoms with Crippen LogP contribution in [-0.4, -0.2) is 13.1 Å². The molecule has 0 radical (unpaired) electrons. The molecule has 0 saturated carbocycles. The maximum absolute atomic E-state index is 6.01. The Hall–Kier alpha value is -2.22. The lowest BCUT2D eigenvalue weighted by Gasteiger charge is -2.31. The molecule has 0 spiro atoms. The second kappa shape index (κ2) is 7.36. The Morgan fingerprint density at radius 1 is 1.00 bits per heavy atom. The fourth-order valence-corrected chi connectivity index (χ4v) is 3.23. The number of anilines is 1. The molecule has 2 aromatic carbocycles. The molecule has 1 saturated heterocycles. The van der Waals surface area contributed by atoms with Crippen molar-refractivity contribution < 1.29 is 4.74 Å². The third-order valence-electron chi connectivity index (χ3n) is 4.48. The summed E-state index contributed by atoms with van der Waals surface area (Å²) in [6.07, 6.45) is 3.87. The van der Waals surface area contributed by atoms with Gasteiger partial charge in [-0.05, 0) is 43.4 Å².